The fourth-order valence-corrected chi connectivity index (χ4v) is 4.70. The van der Waals surface area contributed by atoms with E-state index in [2.05, 4.69) is 32.5 Å². The van der Waals surface area contributed by atoms with Gasteiger partial charge in [-0.3, -0.25) is 14.3 Å². The first-order valence-electron chi connectivity index (χ1n) is 11.6. The molecule has 4 rings (SSSR count). The maximum atomic E-state index is 13.5. The second-order valence-corrected chi connectivity index (χ2v) is 9.67. The average Bonchev–Trinajstić information content (AvgIpc) is 3.27. The average molecular weight is 483 g/mol. The summed E-state index contributed by atoms with van der Waals surface area (Å²) in [6.07, 6.45) is 3.76. The minimum absolute atomic E-state index is 0.0147. The number of hydrogen-bond acceptors (Lipinski definition) is 6. The number of thioether (sulfide) groups is 1. The van der Waals surface area contributed by atoms with Gasteiger partial charge in [0.1, 0.15) is 5.82 Å². The highest BCUT2D eigenvalue weighted by atomic mass is 32.2. The van der Waals surface area contributed by atoms with E-state index < -0.39 is 0 Å². The lowest BCUT2D eigenvalue weighted by atomic mass is 10.1. The van der Waals surface area contributed by atoms with Crippen molar-refractivity contribution in [3.05, 3.63) is 60.2 Å². The Kier molecular flexibility index (Phi) is 7.84. The monoisotopic (exact) mass is 482 g/mol. The van der Waals surface area contributed by atoms with Gasteiger partial charge >= 0.3 is 0 Å². The molecule has 1 N–H and O–H groups in total. The molecule has 2 aromatic carbocycles. The molecule has 1 aliphatic heterocycles. The van der Waals surface area contributed by atoms with Gasteiger partial charge in [0.15, 0.2) is 11.0 Å². The third-order valence-corrected chi connectivity index (χ3v) is 7.03. The molecule has 34 heavy (non-hydrogen) atoms. The molecule has 1 aromatic heterocycles. The lowest BCUT2D eigenvalue weighted by Crippen LogP contribution is -2.29. The lowest BCUT2D eigenvalue weighted by molar-refractivity contribution is -0.113. The SMILES string of the molecule is C[C@H](c1nnc(SCC(=O)Nc2ccc(N3CCCCC3)cc2)n1-c1ccc(F)cc1)N(C)C. The van der Waals surface area contributed by atoms with Crippen molar-refractivity contribution in [2.45, 2.75) is 37.4 Å². The molecule has 7 nitrogen and oxygen atoms in total. The molecule has 1 saturated heterocycles. The van der Waals surface area contributed by atoms with E-state index in [1.807, 2.05) is 42.6 Å². The quantitative estimate of drug-likeness (QED) is 0.468. The number of carbonyl (C=O) groups excluding carboxylic acids is 1. The number of aromatic nitrogens is 3. The van der Waals surface area contributed by atoms with Gasteiger partial charge in [0.05, 0.1) is 11.8 Å². The fourth-order valence-electron chi connectivity index (χ4n) is 3.94. The molecule has 0 saturated carbocycles. The molecule has 1 amide bonds. The molecule has 0 bridgehead atoms. The first-order valence-corrected chi connectivity index (χ1v) is 12.6. The Hall–Kier alpha value is -2.91. The normalized spacial score (nSPS) is 14.9. The predicted octanol–water partition coefficient (Wildman–Crippen LogP) is 4.75. The van der Waals surface area contributed by atoms with E-state index >= 15 is 0 Å². The second-order valence-electron chi connectivity index (χ2n) is 8.72. The second kappa shape index (κ2) is 11.0. The number of anilines is 2. The zero-order valence-electron chi connectivity index (χ0n) is 19.9. The van der Waals surface area contributed by atoms with Crippen molar-refractivity contribution in [2.24, 2.45) is 0 Å². The van der Waals surface area contributed by atoms with Crippen LogP contribution in [-0.4, -0.2) is 58.5 Å². The van der Waals surface area contributed by atoms with E-state index in [0.29, 0.717) is 5.16 Å². The van der Waals surface area contributed by atoms with Crippen LogP contribution in [0.2, 0.25) is 0 Å². The van der Waals surface area contributed by atoms with E-state index in [4.69, 9.17) is 0 Å². The molecule has 1 fully saturated rings. The van der Waals surface area contributed by atoms with Gasteiger partial charge in [0.25, 0.3) is 0 Å². The summed E-state index contributed by atoms with van der Waals surface area (Å²) in [5, 5.41) is 12.3. The van der Waals surface area contributed by atoms with Crippen LogP contribution in [0.15, 0.2) is 53.7 Å². The largest absolute Gasteiger partial charge is 0.372 e. The number of halogens is 1. The third-order valence-electron chi connectivity index (χ3n) is 6.10. The van der Waals surface area contributed by atoms with Crippen LogP contribution in [0.4, 0.5) is 15.8 Å². The first-order chi connectivity index (χ1) is 16.4. The highest BCUT2D eigenvalue weighted by molar-refractivity contribution is 7.99. The number of hydrogen-bond donors (Lipinski definition) is 1. The smallest absolute Gasteiger partial charge is 0.234 e. The van der Waals surface area contributed by atoms with Gasteiger partial charge in [-0.25, -0.2) is 4.39 Å². The van der Waals surface area contributed by atoms with Crippen LogP contribution >= 0.6 is 11.8 Å². The van der Waals surface area contributed by atoms with Crippen molar-refractivity contribution >= 4 is 29.0 Å². The van der Waals surface area contributed by atoms with Crippen LogP contribution in [0.1, 0.15) is 38.1 Å². The van der Waals surface area contributed by atoms with Gasteiger partial charge in [-0.1, -0.05) is 11.8 Å². The van der Waals surface area contributed by atoms with Crippen LogP contribution in [0.3, 0.4) is 0 Å². The van der Waals surface area contributed by atoms with Gasteiger partial charge in [0, 0.05) is 30.2 Å². The van der Waals surface area contributed by atoms with Gasteiger partial charge in [0.2, 0.25) is 5.91 Å². The Morgan fingerprint density at radius 1 is 1.03 bits per heavy atom. The summed E-state index contributed by atoms with van der Waals surface area (Å²) in [4.78, 5) is 17.1. The molecular formula is C25H31FN6OS. The van der Waals surface area contributed by atoms with Gasteiger partial charge in [-0.05, 0) is 88.8 Å². The zero-order chi connectivity index (χ0) is 24.1. The first kappa shape index (κ1) is 24.2. The van der Waals surface area contributed by atoms with Crippen molar-refractivity contribution < 1.29 is 9.18 Å². The van der Waals surface area contributed by atoms with Crippen molar-refractivity contribution in [1.82, 2.24) is 19.7 Å². The maximum Gasteiger partial charge on any atom is 0.234 e. The highest BCUT2D eigenvalue weighted by Crippen LogP contribution is 2.27. The number of carbonyl (C=O) groups is 1. The lowest BCUT2D eigenvalue weighted by Gasteiger charge is -2.28. The summed E-state index contributed by atoms with van der Waals surface area (Å²) in [5.74, 6) is 0.488. The summed E-state index contributed by atoms with van der Waals surface area (Å²) in [6, 6.07) is 14.2. The summed E-state index contributed by atoms with van der Waals surface area (Å²) in [5.41, 5.74) is 2.72. The minimum Gasteiger partial charge on any atom is -0.372 e. The number of amides is 1. The molecule has 0 spiro atoms. The Bertz CT molecular complexity index is 1090. The van der Waals surface area contributed by atoms with Crippen LogP contribution in [0.5, 0.6) is 0 Å². The molecule has 1 atom stereocenters. The number of piperidine rings is 1. The Labute approximate surface area is 204 Å². The van der Waals surface area contributed by atoms with Gasteiger partial charge in [-0.2, -0.15) is 0 Å². The number of nitrogens with zero attached hydrogens (tertiary/aromatic N) is 5. The number of nitrogens with one attached hydrogen (secondary N) is 1. The van der Waals surface area contributed by atoms with Crippen molar-refractivity contribution in [2.75, 3.05) is 43.2 Å². The van der Waals surface area contributed by atoms with E-state index in [-0.39, 0.29) is 23.5 Å². The molecule has 3 aromatic rings. The Morgan fingerprint density at radius 2 is 1.68 bits per heavy atom. The molecule has 180 valence electrons. The Morgan fingerprint density at radius 3 is 2.32 bits per heavy atom. The van der Waals surface area contributed by atoms with Crippen molar-refractivity contribution in [3.8, 4) is 5.69 Å². The summed E-state index contributed by atoms with van der Waals surface area (Å²) < 4.78 is 15.4. The maximum absolute atomic E-state index is 13.5. The van der Waals surface area contributed by atoms with Crippen LogP contribution in [0.25, 0.3) is 5.69 Å². The highest BCUT2D eigenvalue weighted by Gasteiger charge is 2.21. The molecular weight excluding hydrogens is 451 g/mol. The minimum atomic E-state index is -0.307. The molecule has 0 aliphatic carbocycles. The third kappa shape index (κ3) is 5.77. The van der Waals surface area contributed by atoms with Crippen LogP contribution in [0, 0.1) is 5.82 Å². The summed E-state index contributed by atoms with van der Waals surface area (Å²) in [7, 11) is 3.93. The molecule has 0 radical (unpaired) electrons. The molecule has 2 heterocycles. The van der Waals surface area contributed by atoms with Gasteiger partial charge < -0.3 is 10.2 Å². The van der Waals surface area contributed by atoms with Crippen LogP contribution in [-0.2, 0) is 4.79 Å². The van der Waals surface area contributed by atoms with E-state index in [1.54, 1.807) is 12.1 Å². The standard InChI is InChI=1S/C25H31FN6OS/c1-18(30(2)3)24-28-29-25(32(24)22-11-7-19(26)8-12-22)34-17-23(33)27-20-9-13-21(14-10-20)31-15-5-4-6-16-31/h7-14,18H,4-6,15-17H2,1-3H3,(H,27,33)/t18-/m1/s1. The van der Waals surface area contributed by atoms with E-state index in [1.165, 1.54) is 48.8 Å². The topological polar surface area (TPSA) is 66.3 Å². The molecule has 0 unspecified atom stereocenters. The van der Waals surface area contributed by atoms with Crippen LogP contribution < -0.4 is 10.2 Å². The fraction of sp³-hybridized carbons (Fsp3) is 0.400. The predicted molar refractivity (Wildman–Crippen MR) is 135 cm³/mol. The summed E-state index contributed by atoms with van der Waals surface area (Å²) >= 11 is 1.31. The summed E-state index contributed by atoms with van der Waals surface area (Å²) in [6.45, 7) is 4.20. The molecule has 1 aliphatic rings. The Balaban J connectivity index is 1.43. The number of rotatable bonds is 8. The number of benzene rings is 2. The van der Waals surface area contributed by atoms with Crippen molar-refractivity contribution in [1.29, 1.82) is 0 Å². The van der Waals surface area contributed by atoms with Gasteiger partial charge in [-0.15, -0.1) is 10.2 Å². The zero-order valence-corrected chi connectivity index (χ0v) is 20.7. The van der Waals surface area contributed by atoms with E-state index in [0.717, 1.165) is 30.3 Å². The van der Waals surface area contributed by atoms with Crippen molar-refractivity contribution in [3.63, 3.8) is 0 Å². The van der Waals surface area contributed by atoms with E-state index in [9.17, 15) is 9.18 Å². The molecule has 9 heteroatoms.